The number of allylic oxidation sites excluding steroid dienone is 1. The maximum absolute atomic E-state index is 13.4. The molecule has 3 aromatic rings. The predicted octanol–water partition coefficient (Wildman–Crippen LogP) is 4.05. The zero-order valence-electron chi connectivity index (χ0n) is 19.5. The molecule has 9 nitrogen and oxygen atoms in total. The molecule has 1 N–H and O–H groups in total. The maximum Gasteiger partial charge on any atom is 0.296 e. The number of benzene rings is 2. The number of ketones is 1. The van der Waals surface area contributed by atoms with Crippen molar-refractivity contribution in [1.82, 2.24) is 10.2 Å². The molecule has 1 atom stereocenters. The van der Waals surface area contributed by atoms with Gasteiger partial charge in [0, 0.05) is 0 Å². The highest BCUT2D eigenvalue weighted by molar-refractivity contribution is 7.15. The van der Waals surface area contributed by atoms with Gasteiger partial charge in [-0.1, -0.05) is 47.7 Å². The van der Waals surface area contributed by atoms with Crippen LogP contribution in [0.5, 0.6) is 17.2 Å². The molecule has 0 saturated carbocycles. The van der Waals surface area contributed by atoms with Crippen LogP contribution in [0, 0.1) is 6.92 Å². The summed E-state index contributed by atoms with van der Waals surface area (Å²) in [4.78, 5) is 27.8. The van der Waals surface area contributed by atoms with Gasteiger partial charge in [0.2, 0.25) is 10.9 Å². The topological polar surface area (TPSA) is 111 Å². The fourth-order valence-electron chi connectivity index (χ4n) is 3.84. The van der Waals surface area contributed by atoms with Crippen molar-refractivity contribution in [3.63, 3.8) is 0 Å². The van der Waals surface area contributed by atoms with E-state index in [0.717, 1.165) is 5.56 Å². The van der Waals surface area contributed by atoms with Crippen LogP contribution in [-0.4, -0.2) is 48.3 Å². The minimum absolute atomic E-state index is 0.0932. The molecule has 0 radical (unpaired) electrons. The zero-order chi connectivity index (χ0) is 25.1. The van der Waals surface area contributed by atoms with Gasteiger partial charge in [-0.05, 0) is 36.3 Å². The highest BCUT2D eigenvalue weighted by Gasteiger charge is 2.45. The Labute approximate surface area is 205 Å². The molecule has 1 aromatic heterocycles. The minimum Gasteiger partial charge on any atom is -0.503 e. The number of hydrogen-bond acceptors (Lipinski definition) is 9. The molecule has 2 aromatic carbocycles. The van der Waals surface area contributed by atoms with E-state index in [9.17, 15) is 14.7 Å². The number of aryl methyl sites for hydroxylation is 1. The first kappa shape index (κ1) is 24.0. The van der Waals surface area contributed by atoms with E-state index in [-0.39, 0.29) is 10.7 Å². The van der Waals surface area contributed by atoms with Crippen LogP contribution in [0.25, 0.3) is 6.08 Å². The third kappa shape index (κ3) is 4.47. The van der Waals surface area contributed by atoms with Gasteiger partial charge in [0.15, 0.2) is 23.0 Å². The van der Waals surface area contributed by atoms with Crippen molar-refractivity contribution in [3.8, 4) is 17.2 Å². The molecule has 1 amide bonds. The summed E-state index contributed by atoms with van der Waals surface area (Å²) in [5, 5.41) is 19.8. The molecule has 0 spiro atoms. The van der Waals surface area contributed by atoms with Gasteiger partial charge in [-0.15, -0.1) is 10.2 Å². The van der Waals surface area contributed by atoms with Crippen molar-refractivity contribution < 1.29 is 28.9 Å². The summed E-state index contributed by atoms with van der Waals surface area (Å²) in [5.74, 6) is -0.911. The standard InChI is InChI=1S/C25H23N3O6S/c1-14-26-27-25(35-14)28-21(16-12-18(32-2)23(34-4)19(13-16)33-3)20(22(30)24(28)31)17(29)11-10-15-8-6-5-7-9-15/h5-13,21,30H,1-4H3/b11-10+. The number of ether oxygens (including phenoxy) is 3. The second-order valence-electron chi connectivity index (χ2n) is 7.51. The molecule has 0 saturated heterocycles. The van der Waals surface area contributed by atoms with E-state index in [2.05, 4.69) is 10.2 Å². The van der Waals surface area contributed by atoms with Crippen LogP contribution in [0.4, 0.5) is 5.13 Å². The maximum atomic E-state index is 13.4. The molecule has 1 aliphatic heterocycles. The van der Waals surface area contributed by atoms with E-state index in [4.69, 9.17) is 14.2 Å². The van der Waals surface area contributed by atoms with Gasteiger partial charge in [-0.25, -0.2) is 0 Å². The normalized spacial score (nSPS) is 15.7. The molecule has 0 bridgehead atoms. The summed E-state index contributed by atoms with van der Waals surface area (Å²) in [6.07, 6.45) is 2.95. The Hall–Kier alpha value is -4.18. The van der Waals surface area contributed by atoms with Crippen LogP contribution in [-0.2, 0) is 9.59 Å². The molecular formula is C25H23N3O6S. The Balaban J connectivity index is 1.87. The number of nitrogens with zero attached hydrogens (tertiary/aromatic N) is 3. The lowest BCUT2D eigenvalue weighted by molar-refractivity contribution is -0.117. The summed E-state index contributed by atoms with van der Waals surface area (Å²) in [6, 6.07) is 11.5. The molecule has 0 aliphatic carbocycles. The summed E-state index contributed by atoms with van der Waals surface area (Å²) < 4.78 is 16.3. The molecule has 0 fully saturated rings. The molecule has 1 unspecified atom stereocenters. The van der Waals surface area contributed by atoms with Crippen molar-refractivity contribution >= 4 is 34.2 Å². The van der Waals surface area contributed by atoms with Gasteiger partial charge in [0.1, 0.15) is 5.01 Å². The van der Waals surface area contributed by atoms with Crippen LogP contribution in [0.1, 0.15) is 22.2 Å². The number of aliphatic hydroxyl groups excluding tert-OH is 1. The number of carbonyl (C=O) groups excluding carboxylic acids is 2. The largest absolute Gasteiger partial charge is 0.503 e. The second-order valence-corrected chi connectivity index (χ2v) is 8.67. The number of hydrogen-bond donors (Lipinski definition) is 1. The van der Waals surface area contributed by atoms with Crippen molar-refractivity contribution in [2.75, 3.05) is 26.2 Å². The predicted molar refractivity (Wildman–Crippen MR) is 131 cm³/mol. The number of carbonyl (C=O) groups is 2. The lowest BCUT2D eigenvalue weighted by atomic mass is 9.95. The van der Waals surface area contributed by atoms with Crippen LogP contribution in [0.15, 0.2) is 59.9 Å². The van der Waals surface area contributed by atoms with E-state index in [0.29, 0.717) is 27.8 Å². The average molecular weight is 494 g/mol. The summed E-state index contributed by atoms with van der Waals surface area (Å²) >= 11 is 1.17. The first-order valence-corrected chi connectivity index (χ1v) is 11.3. The molecule has 4 rings (SSSR count). The van der Waals surface area contributed by atoms with Gasteiger partial charge in [-0.2, -0.15) is 0 Å². The SMILES string of the molecule is COc1cc(C2C(C(=O)/C=C/c3ccccc3)=C(O)C(=O)N2c2nnc(C)s2)cc(OC)c1OC. The Morgan fingerprint density at radius 1 is 1.06 bits per heavy atom. The number of rotatable bonds is 8. The van der Waals surface area contributed by atoms with Gasteiger partial charge in [0.05, 0.1) is 32.9 Å². The van der Waals surface area contributed by atoms with E-state index in [1.807, 2.05) is 30.3 Å². The Bertz CT molecular complexity index is 1310. The van der Waals surface area contributed by atoms with Crippen LogP contribution in [0.2, 0.25) is 0 Å². The van der Waals surface area contributed by atoms with Gasteiger partial charge in [-0.3, -0.25) is 14.5 Å². The quantitative estimate of drug-likeness (QED) is 0.468. The Morgan fingerprint density at radius 2 is 1.71 bits per heavy atom. The molecule has 2 heterocycles. The van der Waals surface area contributed by atoms with Crippen LogP contribution in [0.3, 0.4) is 0 Å². The van der Waals surface area contributed by atoms with E-state index in [1.54, 1.807) is 25.1 Å². The fraction of sp³-hybridized carbons (Fsp3) is 0.200. The number of aromatic nitrogens is 2. The highest BCUT2D eigenvalue weighted by Crippen LogP contribution is 2.46. The van der Waals surface area contributed by atoms with Crippen molar-refractivity contribution in [2.24, 2.45) is 0 Å². The average Bonchev–Trinajstić information content (AvgIpc) is 3.42. The molecule has 10 heteroatoms. The fourth-order valence-corrected chi connectivity index (χ4v) is 4.55. The Morgan fingerprint density at radius 3 is 2.26 bits per heavy atom. The van der Waals surface area contributed by atoms with Crippen molar-refractivity contribution in [2.45, 2.75) is 13.0 Å². The van der Waals surface area contributed by atoms with Gasteiger partial charge < -0.3 is 19.3 Å². The summed E-state index contributed by atoms with van der Waals surface area (Å²) in [5.41, 5.74) is 1.16. The Kier molecular flexibility index (Phi) is 6.83. The van der Waals surface area contributed by atoms with Crippen molar-refractivity contribution in [3.05, 3.63) is 76.0 Å². The van der Waals surface area contributed by atoms with Crippen molar-refractivity contribution in [1.29, 1.82) is 0 Å². The second kappa shape index (κ2) is 9.98. The van der Waals surface area contributed by atoms with Crippen LogP contribution >= 0.6 is 11.3 Å². The van der Waals surface area contributed by atoms with E-state index in [1.165, 1.54) is 43.6 Å². The first-order valence-electron chi connectivity index (χ1n) is 10.5. The monoisotopic (exact) mass is 493 g/mol. The summed E-state index contributed by atoms with van der Waals surface area (Å²) in [7, 11) is 4.41. The van der Waals surface area contributed by atoms with Gasteiger partial charge in [0.25, 0.3) is 5.91 Å². The number of methoxy groups -OCH3 is 3. The van der Waals surface area contributed by atoms with E-state index < -0.39 is 23.5 Å². The minimum atomic E-state index is -1.00. The molecule has 180 valence electrons. The third-order valence-electron chi connectivity index (χ3n) is 5.42. The van der Waals surface area contributed by atoms with Crippen LogP contribution < -0.4 is 19.1 Å². The molecule has 35 heavy (non-hydrogen) atoms. The number of aliphatic hydroxyl groups is 1. The lowest BCUT2D eigenvalue weighted by Gasteiger charge is -2.25. The molecule has 1 aliphatic rings. The zero-order valence-corrected chi connectivity index (χ0v) is 20.3. The number of amides is 1. The van der Waals surface area contributed by atoms with Gasteiger partial charge >= 0.3 is 0 Å². The van der Waals surface area contributed by atoms with E-state index >= 15 is 0 Å². The first-order chi connectivity index (χ1) is 16.9. The smallest absolute Gasteiger partial charge is 0.296 e. The highest BCUT2D eigenvalue weighted by atomic mass is 32.1. The lowest BCUT2D eigenvalue weighted by Crippen LogP contribution is -2.31. The summed E-state index contributed by atoms with van der Waals surface area (Å²) in [6.45, 7) is 1.75. The number of anilines is 1. The molecular weight excluding hydrogens is 470 g/mol. The third-order valence-corrected chi connectivity index (χ3v) is 6.26.